The predicted octanol–water partition coefficient (Wildman–Crippen LogP) is 3.41. The van der Waals surface area contributed by atoms with Gasteiger partial charge in [0.15, 0.2) is 0 Å². The Morgan fingerprint density at radius 3 is 2.60 bits per heavy atom. The molecular weight excluding hydrogens is 225 g/mol. The van der Waals surface area contributed by atoms with Crippen molar-refractivity contribution >= 4 is 21.4 Å². The summed E-state index contributed by atoms with van der Waals surface area (Å²) in [6.07, 6.45) is -4.34. The molecule has 0 radical (unpaired) electrons. The number of aliphatic hydroxyl groups excluding tert-OH is 1. The first-order chi connectivity index (χ1) is 7.04. The summed E-state index contributed by atoms with van der Waals surface area (Å²) in [5, 5.41) is 11.0. The van der Waals surface area contributed by atoms with Crippen molar-refractivity contribution in [2.24, 2.45) is 0 Å². The van der Waals surface area contributed by atoms with E-state index in [1.807, 2.05) is 0 Å². The van der Waals surface area contributed by atoms with E-state index < -0.39 is 11.7 Å². The van der Waals surface area contributed by atoms with E-state index in [4.69, 9.17) is 5.11 Å². The maximum Gasteiger partial charge on any atom is 0.417 e. The minimum Gasteiger partial charge on any atom is -0.392 e. The monoisotopic (exact) mass is 232 g/mol. The van der Waals surface area contributed by atoms with Gasteiger partial charge in [-0.1, -0.05) is 12.1 Å². The van der Waals surface area contributed by atoms with Gasteiger partial charge in [0.2, 0.25) is 0 Å². The molecule has 2 aromatic rings. The molecule has 0 aliphatic heterocycles. The maximum absolute atomic E-state index is 12.6. The predicted molar refractivity (Wildman–Crippen MR) is 52.7 cm³/mol. The number of benzene rings is 1. The van der Waals surface area contributed by atoms with Gasteiger partial charge in [0, 0.05) is 4.70 Å². The molecular formula is C10H7F3OS. The molecule has 1 aromatic carbocycles. The average Bonchev–Trinajstić information content (AvgIpc) is 2.58. The van der Waals surface area contributed by atoms with Gasteiger partial charge in [-0.3, -0.25) is 0 Å². The summed E-state index contributed by atoms with van der Waals surface area (Å²) in [5.41, 5.74) is -0.0919. The second-order valence-corrected chi connectivity index (χ2v) is 3.98. The lowest BCUT2D eigenvalue weighted by molar-refractivity contribution is -0.136. The number of halogens is 3. The Balaban J connectivity index is 2.73. The molecule has 0 bridgehead atoms. The summed E-state index contributed by atoms with van der Waals surface area (Å²) >= 11 is 1.01. The SMILES string of the molecule is OCc1csc2c(C(F)(F)F)cccc12. The molecule has 0 amide bonds. The van der Waals surface area contributed by atoms with E-state index in [2.05, 4.69) is 0 Å². The average molecular weight is 232 g/mol. The quantitative estimate of drug-likeness (QED) is 0.798. The number of aliphatic hydroxyl groups is 1. The first-order valence-electron chi connectivity index (χ1n) is 4.21. The molecule has 2 rings (SSSR count). The van der Waals surface area contributed by atoms with E-state index in [0.717, 1.165) is 17.4 Å². The second kappa shape index (κ2) is 3.50. The third-order valence-corrected chi connectivity index (χ3v) is 3.23. The molecule has 0 aliphatic carbocycles. The largest absolute Gasteiger partial charge is 0.417 e. The fraction of sp³-hybridized carbons (Fsp3) is 0.200. The lowest BCUT2D eigenvalue weighted by atomic mass is 10.1. The van der Waals surface area contributed by atoms with Gasteiger partial charge < -0.3 is 5.11 Å². The Bertz CT molecular complexity index is 487. The van der Waals surface area contributed by atoms with Crippen LogP contribution in [0.15, 0.2) is 23.6 Å². The van der Waals surface area contributed by atoms with Crippen molar-refractivity contribution in [1.29, 1.82) is 0 Å². The van der Waals surface area contributed by atoms with Gasteiger partial charge in [0.05, 0.1) is 12.2 Å². The van der Waals surface area contributed by atoms with Crippen LogP contribution in [0.25, 0.3) is 10.1 Å². The topological polar surface area (TPSA) is 20.2 Å². The molecule has 0 saturated carbocycles. The van der Waals surface area contributed by atoms with Crippen LogP contribution >= 0.6 is 11.3 Å². The Morgan fingerprint density at radius 2 is 2.00 bits per heavy atom. The van der Waals surface area contributed by atoms with Crippen molar-refractivity contribution in [2.45, 2.75) is 12.8 Å². The zero-order valence-electron chi connectivity index (χ0n) is 7.51. The third-order valence-electron chi connectivity index (χ3n) is 2.16. The molecule has 0 unspecified atom stereocenters. The van der Waals surface area contributed by atoms with Gasteiger partial charge in [-0.05, 0) is 22.4 Å². The van der Waals surface area contributed by atoms with Crippen molar-refractivity contribution in [2.75, 3.05) is 0 Å². The highest BCUT2D eigenvalue weighted by Gasteiger charge is 2.33. The lowest BCUT2D eigenvalue weighted by Gasteiger charge is -2.07. The van der Waals surface area contributed by atoms with Crippen LogP contribution < -0.4 is 0 Å². The summed E-state index contributed by atoms with van der Waals surface area (Å²) in [6.45, 7) is -0.235. The number of rotatable bonds is 1. The summed E-state index contributed by atoms with van der Waals surface area (Å²) in [6, 6.07) is 4.00. The molecule has 0 saturated heterocycles. The van der Waals surface area contributed by atoms with Gasteiger partial charge >= 0.3 is 6.18 Å². The Kier molecular flexibility index (Phi) is 2.44. The van der Waals surface area contributed by atoms with E-state index in [1.54, 1.807) is 11.4 Å². The molecule has 15 heavy (non-hydrogen) atoms. The molecule has 1 heterocycles. The van der Waals surface area contributed by atoms with Gasteiger partial charge in [-0.2, -0.15) is 13.2 Å². The molecule has 0 atom stereocenters. The molecule has 1 aromatic heterocycles. The normalized spacial score (nSPS) is 12.3. The van der Waals surface area contributed by atoms with Crippen LogP contribution in [0.1, 0.15) is 11.1 Å². The van der Waals surface area contributed by atoms with Crippen LogP contribution in [0.5, 0.6) is 0 Å². The van der Waals surface area contributed by atoms with Crippen molar-refractivity contribution in [1.82, 2.24) is 0 Å². The second-order valence-electron chi connectivity index (χ2n) is 3.10. The summed E-state index contributed by atoms with van der Waals surface area (Å²) in [4.78, 5) is 0. The van der Waals surface area contributed by atoms with E-state index in [0.29, 0.717) is 10.9 Å². The number of fused-ring (bicyclic) bond motifs is 1. The Hall–Kier alpha value is -1.07. The first-order valence-corrected chi connectivity index (χ1v) is 5.09. The molecule has 0 spiro atoms. The summed E-state index contributed by atoms with van der Waals surface area (Å²) in [7, 11) is 0. The van der Waals surface area contributed by atoms with Gasteiger partial charge in [-0.15, -0.1) is 11.3 Å². The van der Waals surface area contributed by atoms with Crippen LogP contribution in [-0.2, 0) is 12.8 Å². The fourth-order valence-corrected chi connectivity index (χ4v) is 2.55. The lowest BCUT2D eigenvalue weighted by Crippen LogP contribution is -2.04. The van der Waals surface area contributed by atoms with Crippen molar-refractivity contribution < 1.29 is 18.3 Å². The minimum absolute atomic E-state index is 0.189. The van der Waals surface area contributed by atoms with E-state index >= 15 is 0 Å². The number of thiophene rings is 1. The maximum atomic E-state index is 12.6. The minimum atomic E-state index is -4.34. The van der Waals surface area contributed by atoms with Crippen molar-refractivity contribution in [3.05, 3.63) is 34.7 Å². The van der Waals surface area contributed by atoms with Gasteiger partial charge in [0.25, 0.3) is 0 Å². The highest BCUT2D eigenvalue weighted by molar-refractivity contribution is 7.17. The zero-order valence-corrected chi connectivity index (χ0v) is 8.32. The van der Waals surface area contributed by atoms with Crippen molar-refractivity contribution in [3.63, 3.8) is 0 Å². The van der Waals surface area contributed by atoms with Gasteiger partial charge in [-0.25, -0.2) is 0 Å². The van der Waals surface area contributed by atoms with Crippen LogP contribution in [0, 0.1) is 0 Å². The summed E-state index contributed by atoms with van der Waals surface area (Å²) < 4.78 is 37.9. The van der Waals surface area contributed by atoms with Crippen molar-refractivity contribution in [3.8, 4) is 0 Å². The molecule has 0 aliphatic rings. The number of hydrogen-bond acceptors (Lipinski definition) is 2. The van der Waals surface area contributed by atoms with Crippen LogP contribution in [0.2, 0.25) is 0 Å². The molecule has 80 valence electrons. The molecule has 0 fully saturated rings. The Morgan fingerprint density at radius 1 is 1.27 bits per heavy atom. The zero-order chi connectivity index (χ0) is 11.1. The molecule has 5 heteroatoms. The van der Waals surface area contributed by atoms with E-state index in [-0.39, 0.29) is 11.3 Å². The summed E-state index contributed by atoms with van der Waals surface area (Å²) in [5.74, 6) is 0. The molecule has 1 nitrogen and oxygen atoms in total. The highest BCUT2D eigenvalue weighted by Crippen LogP contribution is 2.38. The van der Waals surface area contributed by atoms with E-state index in [1.165, 1.54) is 6.07 Å². The first kappa shape index (κ1) is 10.4. The van der Waals surface area contributed by atoms with Crippen LogP contribution in [-0.4, -0.2) is 5.11 Å². The standard InChI is InChI=1S/C10H7F3OS/c11-10(12,13)8-3-1-2-7-6(4-14)5-15-9(7)8/h1-3,5,14H,4H2. The Labute approximate surface area is 87.8 Å². The third kappa shape index (κ3) is 1.72. The van der Waals surface area contributed by atoms with E-state index in [9.17, 15) is 13.2 Å². The fourth-order valence-electron chi connectivity index (χ4n) is 1.46. The number of alkyl halides is 3. The highest BCUT2D eigenvalue weighted by atomic mass is 32.1. The number of hydrogen-bond donors (Lipinski definition) is 1. The smallest absolute Gasteiger partial charge is 0.392 e. The van der Waals surface area contributed by atoms with Gasteiger partial charge in [0.1, 0.15) is 0 Å². The van der Waals surface area contributed by atoms with Crippen LogP contribution in [0.3, 0.4) is 0 Å². The van der Waals surface area contributed by atoms with Crippen LogP contribution in [0.4, 0.5) is 13.2 Å². The molecule has 1 N–H and O–H groups in total.